The lowest BCUT2D eigenvalue weighted by atomic mass is 9.79. The summed E-state index contributed by atoms with van der Waals surface area (Å²) in [7, 11) is 0. The summed E-state index contributed by atoms with van der Waals surface area (Å²) in [5.74, 6) is 0.828. The van der Waals surface area contributed by atoms with Crippen molar-refractivity contribution in [2.45, 2.75) is 44.2 Å². The van der Waals surface area contributed by atoms with Crippen molar-refractivity contribution in [3.8, 4) is 0 Å². The second kappa shape index (κ2) is 5.66. The first-order valence-corrected chi connectivity index (χ1v) is 7.71. The summed E-state index contributed by atoms with van der Waals surface area (Å²) in [6.45, 7) is 6.86. The van der Waals surface area contributed by atoms with Gasteiger partial charge in [0, 0.05) is 17.7 Å². The predicted molar refractivity (Wildman–Crippen MR) is 84.2 cm³/mol. The van der Waals surface area contributed by atoms with Crippen LogP contribution in [-0.2, 0) is 4.84 Å². The van der Waals surface area contributed by atoms with Crippen LogP contribution in [0.2, 0.25) is 0 Å². The summed E-state index contributed by atoms with van der Waals surface area (Å²) in [5, 5.41) is 12.7. The Morgan fingerprint density at radius 1 is 1.38 bits per heavy atom. The molecule has 0 aromatic heterocycles. The van der Waals surface area contributed by atoms with Crippen LogP contribution < -0.4 is 0 Å². The highest BCUT2D eigenvalue weighted by atomic mass is 16.7. The molecule has 0 bridgehead atoms. The van der Waals surface area contributed by atoms with Crippen molar-refractivity contribution < 1.29 is 9.94 Å². The number of aliphatic hydroxyl groups is 1. The fourth-order valence-corrected chi connectivity index (χ4v) is 3.50. The summed E-state index contributed by atoms with van der Waals surface area (Å²) in [4.78, 5) is 6.15. The van der Waals surface area contributed by atoms with Crippen LogP contribution in [0.4, 0.5) is 0 Å². The Morgan fingerprint density at radius 3 is 2.86 bits per heavy atom. The quantitative estimate of drug-likeness (QED) is 0.859. The molecule has 21 heavy (non-hydrogen) atoms. The van der Waals surface area contributed by atoms with Crippen LogP contribution in [0.25, 0.3) is 5.76 Å². The highest BCUT2D eigenvalue weighted by Crippen LogP contribution is 2.47. The molecule has 3 rings (SSSR count). The Bertz CT molecular complexity index is 552. The number of rotatable bonds is 4. The number of nitrogens with zero attached hydrogens (tertiary/aromatic N) is 1. The number of fused-ring (bicyclic) bond motifs is 1. The molecule has 1 aromatic rings. The number of aliphatic hydroxyl groups excluding tert-OH is 1. The minimum absolute atomic E-state index is 0.203. The number of hydroxylamine groups is 2. The maximum Gasteiger partial charge on any atom is 0.158 e. The van der Waals surface area contributed by atoms with E-state index in [2.05, 4.69) is 18.6 Å². The molecule has 2 aliphatic rings. The zero-order valence-electron chi connectivity index (χ0n) is 12.6. The molecule has 1 N–H and O–H groups in total. The number of piperidine rings is 1. The lowest BCUT2D eigenvalue weighted by molar-refractivity contribution is -0.146. The zero-order chi connectivity index (χ0) is 14.9. The van der Waals surface area contributed by atoms with Gasteiger partial charge >= 0.3 is 0 Å². The Labute approximate surface area is 126 Å². The van der Waals surface area contributed by atoms with Crippen molar-refractivity contribution in [3.63, 3.8) is 0 Å². The molecule has 112 valence electrons. The molecule has 2 heterocycles. The van der Waals surface area contributed by atoms with Gasteiger partial charge in [0.25, 0.3) is 0 Å². The average molecular weight is 285 g/mol. The maximum absolute atomic E-state index is 10.6. The second-order valence-electron chi connectivity index (χ2n) is 6.07. The van der Waals surface area contributed by atoms with E-state index in [1.807, 2.05) is 30.3 Å². The molecule has 0 aliphatic carbocycles. The van der Waals surface area contributed by atoms with Gasteiger partial charge in [-0.3, -0.25) is 0 Å². The summed E-state index contributed by atoms with van der Waals surface area (Å²) < 4.78 is 0. The molecule has 2 atom stereocenters. The number of benzene rings is 1. The topological polar surface area (TPSA) is 32.7 Å². The van der Waals surface area contributed by atoms with Crippen molar-refractivity contribution in [2.24, 2.45) is 0 Å². The minimum atomic E-state index is -0.536. The van der Waals surface area contributed by atoms with Gasteiger partial charge in [-0.05, 0) is 32.6 Å². The van der Waals surface area contributed by atoms with Gasteiger partial charge in [-0.25, -0.2) is 0 Å². The van der Waals surface area contributed by atoms with Crippen molar-refractivity contribution in [1.82, 2.24) is 5.06 Å². The molecule has 2 unspecified atom stereocenters. The van der Waals surface area contributed by atoms with Crippen LogP contribution in [0.15, 0.2) is 48.6 Å². The van der Waals surface area contributed by atoms with Crippen molar-refractivity contribution in [2.75, 3.05) is 6.54 Å². The molecule has 0 saturated carbocycles. The van der Waals surface area contributed by atoms with Crippen molar-refractivity contribution in [1.29, 1.82) is 0 Å². The van der Waals surface area contributed by atoms with E-state index in [1.165, 1.54) is 6.42 Å². The first-order chi connectivity index (χ1) is 10.2. The average Bonchev–Trinajstić information content (AvgIpc) is 2.81. The summed E-state index contributed by atoms with van der Waals surface area (Å²) in [6.07, 6.45) is 5.12. The van der Waals surface area contributed by atoms with E-state index in [4.69, 9.17) is 4.84 Å². The molecule has 1 saturated heterocycles. The Kier molecular flexibility index (Phi) is 3.87. The van der Waals surface area contributed by atoms with Crippen molar-refractivity contribution >= 4 is 5.76 Å². The van der Waals surface area contributed by atoms with Gasteiger partial charge in [-0.2, -0.15) is 0 Å². The number of hydrogen-bond acceptors (Lipinski definition) is 3. The molecular formula is C18H23NO2. The molecule has 0 amide bonds. The highest BCUT2D eigenvalue weighted by molar-refractivity contribution is 5.68. The predicted octanol–water partition coefficient (Wildman–Crippen LogP) is 3.52. The van der Waals surface area contributed by atoms with Gasteiger partial charge in [0.1, 0.15) is 0 Å². The van der Waals surface area contributed by atoms with Gasteiger partial charge in [0.05, 0.1) is 11.6 Å². The SMILES string of the molecule is C=CCC(O)C1=C(c2ccccc2)ON2CCCCC12C. The lowest BCUT2D eigenvalue weighted by Crippen LogP contribution is -2.48. The standard InChI is InChI=1S/C18H23NO2/c1-3-9-15(20)16-17(14-10-5-4-6-11-14)21-19-13-8-7-12-18(16,19)2/h3-6,10-11,15,20H,1,7-9,12-13H2,2H3. The Morgan fingerprint density at radius 2 is 2.14 bits per heavy atom. The van der Waals surface area contributed by atoms with E-state index in [0.717, 1.165) is 36.3 Å². The highest BCUT2D eigenvalue weighted by Gasteiger charge is 2.49. The van der Waals surface area contributed by atoms with Gasteiger partial charge in [0.15, 0.2) is 5.76 Å². The largest absolute Gasteiger partial charge is 0.404 e. The summed E-state index contributed by atoms with van der Waals surface area (Å²) in [6, 6.07) is 10.1. The maximum atomic E-state index is 10.6. The van der Waals surface area contributed by atoms with E-state index in [1.54, 1.807) is 6.08 Å². The third-order valence-corrected chi connectivity index (χ3v) is 4.61. The van der Waals surface area contributed by atoms with E-state index < -0.39 is 6.10 Å². The molecule has 2 aliphatic heterocycles. The molecule has 3 nitrogen and oxygen atoms in total. The van der Waals surface area contributed by atoms with Gasteiger partial charge in [0.2, 0.25) is 0 Å². The van der Waals surface area contributed by atoms with E-state index in [0.29, 0.717) is 6.42 Å². The van der Waals surface area contributed by atoms with Crippen LogP contribution in [0.3, 0.4) is 0 Å². The Balaban J connectivity index is 2.08. The number of hydrogen-bond donors (Lipinski definition) is 1. The molecular weight excluding hydrogens is 262 g/mol. The fraction of sp³-hybridized carbons (Fsp3) is 0.444. The first-order valence-electron chi connectivity index (χ1n) is 7.71. The Hall–Kier alpha value is -1.58. The van der Waals surface area contributed by atoms with Gasteiger partial charge in [-0.1, -0.05) is 36.4 Å². The van der Waals surface area contributed by atoms with Crippen LogP contribution in [0.1, 0.15) is 38.2 Å². The summed E-state index contributed by atoms with van der Waals surface area (Å²) in [5.41, 5.74) is 1.84. The third kappa shape index (κ3) is 2.41. The zero-order valence-corrected chi connectivity index (χ0v) is 12.6. The van der Waals surface area contributed by atoms with E-state index in [-0.39, 0.29) is 5.54 Å². The molecule has 3 heteroatoms. The van der Waals surface area contributed by atoms with Crippen LogP contribution >= 0.6 is 0 Å². The van der Waals surface area contributed by atoms with E-state index >= 15 is 0 Å². The van der Waals surface area contributed by atoms with Crippen LogP contribution in [-0.4, -0.2) is 28.4 Å². The van der Waals surface area contributed by atoms with Gasteiger partial charge in [-0.15, -0.1) is 11.6 Å². The van der Waals surface area contributed by atoms with Crippen LogP contribution in [0, 0.1) is 0 Å². The summed E-state index contributed by atoms with van der Waals surface area (Å²) >= 11 is 0. The van der Waals surface area contributed by atoms with Crippen molar-refractivity contribution in [3.05, 3.63) is 54.1 Å². The molecule has 1 fully saturated rings. The van der Waals surface area contributed by atoms with Crippen LogP contribution in [0.5, 0.6) is 0 Å². The lowest BCUT2D eigenvalue weighted by Gasteiger charge is -2.39. The normalized spacial score (nSPS) is 27.1. The molecule has 0 radical (unpaired) electrons. The van der Waals surface area contributed by atoms with E-state index in [9.17, 15) is 5.11 Å². The monoisotopic (exact) mass is 285 g/mol. The molecule has 1 aromatic carbocycles. The minimum Gasteiger partial charge on any atom is -0.404 e. The first kappa shape index (κ1) is 14.4. The fourth-order valence-electron chi connectivity index (χ4n) is 3.50. The smallest absolute Gasteiger partial charge is 0.158 e. The van der Waals surface area contributed by atoms with Gasteiger partial charge < -0.3 is 9.94 Å². The second-order valence-corrected chi connectivity index (χ2v) is 6.07. The molecule has 0 spiro atoms. The third-order valence-electron chi connectivity index (χ3n) is 4.61.